The maximum Gasteiger partial charge on any atom is 0.123 e. The van der Waals surface area contributed by atoms with E-state index in [1.165, 1.54) is 25.3 Å². The van der Waals surface area contributed by atoms with Gasteiger partial charge < -0.3 is 10.1 Å². The molecule has 2 nitrogen and oxygen atoms in total. The number of nitrogens with one attached hydrogen (secondary N) is 1. The SMILES string of the molecule is Fc1ccc2c(c1)CC(CNCCC1CC1)O2. The first-order valence-corrected chi connectivity index (χ1v) is 6.47. The summed E-state index contributed by atoms with van der Waals surface area (Å²) in [7, 11) is 0. The van der Waals surface area contributed by atoms with E-state index in [9.17, 15) is 4.39 Å². The monoisotopic (exact) mass is 235 g/mol. The molecule has 0 bridgehead atoms. The van der Waals surface area contributed by atoms with Crippen LogP contribution in [0.25, 0.3) is 0 Å². The van der Waals surface area contributed by atoms with Gasteiger partial charge in [-0.1, -0.05) is 12.8 Å². The van der Waals surface area contributed by atoms with Gasteiger partial charge in [0.25, 0.3) is 0 Å². The second-order valence-corrected chi connectivity index (χ2v) is 5.13. The second kappa shape index (κ2) is 4.65. The van der Waals surface area contributed by atoms with Gasteiger partial charge in [0.2, 0.25) is 0 Å². The molecule has 0 spiro atoms. The maximum absolute atomic E-state index is 13.0. The molecule has 1 saturated carbocycles. The van der Waals surface area contributed by atoms with Crippen LogP contribution in [0.1, 0.15) is 24.8 Å². The van der Waals surface area contributed by atoms with Crippen molar-refractivity contribution in [2.24, 2.45) is 5.92 Å². The smallest absolute Gasteiger partial charge is 0.123 e. The fourth-order valence-electron chi connectivity index (χ4n) is 2.38. The molecule has 17 heavy (non-hydrogen) atoms. The molecule has 1 heterocycles. The van der Waals surface area contributed by atoms with Gasteiger partial charge >= 0.3 is 0 Å². The van der Waals surface area contributed by atoms with Crippen molar-refractivity contribution in [3.8, 4) is 5.75 Å². The summed E-state index contributed by atoms with van der Waals surface area (Å²) >= 11 is 0. The number of benzene rings is 1. The van der Waals surface area contributed by atoms with Crippen LogP contribution in [0.3, 0.4) is 0 Å². The molecule has 1 unspecified atom stereocenters. The van der Waals surface area contributed by atoms with E-state index in [1.54, 1.807) is 12.1 Å². The van der Waals surface area contributed by atoms with Crippen molar-refractivity contribution in [1.29, 1.82) is 0 Å². The third-order valence-electron chi connectivity index (χ3n) is 3.56. The second-order valence-electron chi connectivity index (χ2n) is 5.13. The Kier molecular flexibility index (Phi) is 3.02. The number of rotatable bonds is 5. The summed E-state index contributed by atoms with van der Waals surface area (Å²) in [5.74, 6) is 1.65. The first kappa shape index (κ1) is 11.0. The van der Waals surface area contributed by atoms with E-state index >= 15 is 0 Å². The summed E-state index contributed by atoms with van der Waals surface area (Å²) in [6, 6.07) is 4.77. The lowest BCUT2D eigenvalue weighted by atomic mass is 10.1. The Morgan fingerprint density at radius 2 is 2.24 bits per heavy atom. The molecule has 3 rings (SSSR count). The molecule has 0 aromatic heterocycles. The minimum Gasteiger partial charge on any atom is -0.488 e. The van der Waals surface area contributed by atoms with Crippen molar-refractivity contribution in [3.63, 3.8) is 0 Å². The highest BCUT2D eigenvalue weighted by molar-refractivity contribution is 5.37. The molecule has 0 amide bonds. The predicted molar refractivity (Wildman–Crippen MR) is 64.7 cm³/mol. The van der Waals surface area contributed by atoms with Gasteiger partial charge in [-0.25, -0.2) is 4.39 Å². The van der Waals surface area contributed by atoms with Gasteiger partial charge in [-0.15, -0.1) is 0 Å². The first-order valence-electron chi connectivity index (χ1n) is 6.47. The Balaban J connectivity index is 1.44. The van der Waals surface area contributed by atoms with E-state index in [2.05, 4.69) is 5.32 Å². The molecular formula is C14H18FNO. The number of halogens is 1. The van der Waals surface area contributed by atoms with E-state index in [0.29, 0.717) is 0 Å². The van der Waals surface area contributed by atoms with Gasteiger partial charge in [0, 0.05) is 18.5 Å². The van der Waals surface area contributed by atoms with Crippen LogP contribution in [0.2, 0.25) is 0 Å². The van der Waals surface area contributed by atoms with Gasteiger partial charge in [0.15, 0.2) is 0 Å². The quantitative estimate of drug-likeness (QED) is 0.792. The minimum absolute atomic E-state index is 0.172. The molecule has 1 atom stereocenters. The average Bonchev–Trinajstić information content (AvgIpc) is 3.04. The molecule has 1 aliphatic carbocycles. The van der Waals surface area contributed by atoms with Gasteiger partial charge in [-0.2, -0.15) is 0 Å². The molecule has 0 saturated heterocycles. The average molecular weight is 235 g/mol. The van der Waals surface area contributed by atoms with Crippen LogP contribution in [-0.2, 0) is 6.42 Å². The summed E-state index contributed by atoms with van der Waals surface area (Å²) < 4.78 is 18.8. The summed E-state index contributed by atoms with van der Waals surface area (Å²) in [6.45, 7) is 1.94. The topological polar surface area (TPSA) is 21.3 Å². The Hall–Kier alpha value is -1.09. The number of hydrogen-bond acceptors (Lipinski definition) is 2. The van der Waals surface area contributed by atoms with Crippen molar-refractivity contribution in [1.82, 2.24) is 5.32 Å². The van der Waals surface area contributed by atoms with Crippen molar-refractivity contribution in [3.05, 3.63) is 29.6 Å². The predicted octanol–water partition coefficient (Wildman–Crippen LogP) is 2.52. The van der Waals surface area contributed by atoms with E-state index in [1.807, 2.05) is 0 Å². The highest BCUT2D eigenvalue weighted by Gasteiger charge is 2.23. The maximum atomic E-state index is 13.0. The number of fused-ring (bicyclic) bond motifs is 1. The van der Waals surface area contributed by atoms with Crippen LogP contribution in [0.5, 0.6) is 5.75 Å². The zero-order valence-corrected chi connectivity index (χ0v) is 9.92. The van der Waals surface area contributed by atoms with E-state index in [-0.39, 0.29) is 11.9 Å². The van der Waals surface area contributed by atoms with Crippen LogP contribution in [-0.4, -0.2) is 19.2 Å². The van der Waals surface area contributed by atoms with E-state index in [4.69, 9.17) is 4.74 Å². The summed E-state index contributed by atoms with van der Waals surface area (Å²) in [5, 5.41) is 3.43. The lowest BCUT2D eigenvalue weighted by Gasteiger charge is -2.11. The zero-order chi connectivity index (χ0) is 11.7. The summed E-state index contributed by atoms with van der Waals surface area (Å²) in [4.78, 5) is 0. The Morgan fingerprint density at radius 3 is 3.06 bits per heavy atom. The van der Waals surface area contributed by atoms with Crippen molar-refractivity contribution < 1.29 is 9.13 Å². The van der Waals surface area contributed by atoms with Crippen molar-refractivity contribution in [2.75, 3.05) is 13.1 Å². The van der Waals surface area contributed by atoms with Crippen LogP contribution in [0.4, 0.5) is 4.39 Å². The van der Waals surface area contributed by atoms with Gasteiger partial charge in [-0.3, -0.25) is 0 Å². The van der Waals surface area contributed by atoms with Gasteiger partial charge in [0.1, 0.15) is 17.7 Å². The Morgan fingerprint density at radius 1 is 1.35 bits per heavy atom. The van der Waals surface area contributed by atoms with Gasteiger partial charge in [-0.05, 0) is 37.1 Å². The van der Waals surface area contributed by atoms with Crippen molar-refractivity contribution >= 4 is 0 Å². The largest absolute Gasteiger partial charge is 0.488 e. The zero-order valence-electron chi connectivity index (χ0n) is 9.92. The highest BCUT2D eigenvalue weighted by Crippen LogP contribution is 2.32. The van der Waals surface area contributed by atoms with E-state index < -0.39 is 0 Å². The third kappa shape index (κ3) is 2.78. The molecule has 2 aliphatic rings. The number of ether oxygens (including phenoxy) is 1. The highest BCUT2D eigenvalue weighted by atomic mass is 19.1. The molecule has 1 N–H and O–H groups in total. The van der Waals surface area contributed by atoms with Crippen LogP contribution >= 0.6 is 0 Å². The van der Waals surface area contributed by atoms with Crippen LogP contribution in [0.15, 0.2) is 18.2 Å². The lowest BCUT2D eigenvalue weighted by Crippen LogP contribution is -2.30. The van der Waals surface area contributed by atoms with Crippen molar-refractivity contribution in [2.45, 2.75) is 31.8 Å². The van der Waals surface area contributed by atoms with E-state index in [0.717, 1.165) is 36.7 Å². The molecule has 3 heteroatoms. The molecule has 1 aliphatic heterocycles. The van der Waals surface area contributed by atoms with Gasteiger partial charge in [0.05, 0.1) is 0 Å². The molecule has 92 valence electrons. The summed E-state index contributed by atoms with van der Waals surface area (Å²) in [5.41, 5.74) is 0.999. The van der Waals surface area contributed by atoms with Crippen LogP contribution in [0, 0.1) is 11.7 Å². The molecular weight excluding hydrogens is 217 g/mol. The Bertz CT molecular complexity index is 403. The normalized spacial score (nSPS) is 22.3. The third-order valence-corrected chi connectivity index (χ3v) is 3.56. The lowest BCUT2D eigenvalue weighted by molar-refractivity contribution is 0.227. The van der Waals surface area contributed by atoms with Crippen LogP contribution < -0.4 is 10.1 Å². The standard InChI is InChI=1S/C14H18FNO/c15-12-3-4-14-11(7-12)8-13(17-14)9-16-6-5-10-1-2-10/h3-4,7,10,13,16H,1-2,5-6,8-9H2. The fourth-order valence-corrected chi connectivity index (χ4v) is 2.38. The molecule has 1 aromatic carbocycles. The minimum atomic E-state index is -0.172. The molecule has 1 fully saturated rings. The Labute approximate surface area is 101 Å². The first-order chi connectivity index (χ1) is 8.31. The molecule has 0 radical (unpaired) electrons. The molecule has 1 aromatic rings. The number of hydrogen-bond donors (Lipinski definition) is 1. The fraction of sp³-hybridized carbons (Fsp3) is 0.571. The summed E-state index contributed by atoms with van der Waals surface area (Å²) in [6.07, 6.45) is 5.10.